The molecule has 0 fully saturated rings. The number of nitro groups is 1. The van der Waals surface area contributed by atoms with E-state index in [9.17, 15) is 14.9 Å². The van der Waals surface area contributed by atoms with E-state index in [1.54, 1.807) is 18.2 Å². The smallest absolute Gasteiger partial charge is 0.270 e. The van der Waals surface area contributed by atoms with Gasteiger partial charge >= 0.3 is 0 Å². The maximum Gasteiger partial charge on any atom is 0.270 e. The zero-order valence-electron chi connectivity index (χ0n) is 12.3. The topological polar surface area (TPSA) is 90.7 Å². The van der Waals surface area contributed by atoms with Crippen LogP contribution in [-0.4, -0.2) is 25.1 Å². The normalized spacial score (nSPS) is 10.0. The maximum absolute atomic E-state index is 12.3. The molecular weight excluding hydrogens is 368 g/mol. The highest BCUT2D eigenvalue weighted by atomic mass is 79.9. The molecule has 0 aliphatic rings. The number of hydrogen-bond acceptors (Lipinski definition) is 5. The van der Waals surface area contributed by atoms with Crippen molar-refractivity contribution in [3.05, 3.63) is 56.5 Å². The predicted molar refractivity (Wildman–Crippen MR) is 88.3 cm³/mol. The van der Waals surface area contributed by atoms with Crippen molar-refractivity contribution in [2.45, 2.75) is 0 Å². The minimum atomic E-state index is -0.511. The van der Waals surface area contributed by atoms with Crippen molar-refractivity contribution in [3.8, 4) is 11.5 Å². The zero-order chi connectivity index (χ0) is 17.0. The first kappa shape index (κ1) is 16.8. The van der Waals surface area contributed by atoms with E-state index in [0.29, 0.717) is 27.2 Å². The molecule has 0 atom stereocenters. The second kappa shape index (κ2) is 7.10. The number of anilines is 1. The van der Waals surface area contributed by atoms with Gasteiger partial charge < -0.3 is 14.8 Å². The number of nitrogens with one attached hydrogen (secondary N) is 1. The molecule has 0 heterocycles. The van der Waals surface area contributed by atoms with Gasteiger partial charge in [-0.2, -0.15) is 0 Å². The summed E-state index contributed by atoms with van der Waals surface area (Å²) in [7, 11) is 2.98. The van der Waals surface area contributed by atoms with Crippen LogP contribution in [0.5, 0.6) is 11.5 Å². The summed E-state index contributed by atoms with van der Waals surface area (Å²) in [6.07, 6.45) is 0. The van der Waals surface area contributed by atoms with Crippen molar-refractivity contribution in [2.75, 3.05) is 19.5 Å². The number of benzene rings is 2. The average molecular weight is 381 g/mol. The monoisotopic (exact) mass is 380 g/mol. The molecule has 1 N–H and O–H groups in total. The first-order valence-corrected chi connectivity index (χ1v) is 7.22. The molecule has 2 aromatic carbocycles. The van der Waals surface area contributed by atoms with Crippen molar-refractivity contribution < 1.29 is 19.2 Å². The third-order valence-corrected chi connectivity index (χ3v) is 3.68. The highest BCUT2D eigenvalue weighted by molar-refractivity contribution is 9.10. The Kier molecular flexibility index (Phi) is 5.17. The standard InChI is InChI=1S/C15H13BrN2O5/c1-22-11-5-9(6-12(8-11)23-2)15(19)17-14-4-3-10(18(20)21)7-13(14)16/h3-8H,1-2H3,(H,17,19). The van der Waals surface area contributed by atoms with Gasteiger partial charge in [-0.1, -0.05) is 0 Å². The van der Waals surface area contributed by atoms with E-state index in [-0.39, 0.29) is 5.69 Å². The summed E-state index contributed by atoms with van der Waals surface area (Å²) in [6, 6.07) is 8.87. The van der Waals surface area contributed by atoms with E-state index in [1.807, 2.05) is 0 Å². The average Bonchev–Trinajstić information content (AvgIpc) is 2.55. The van der Waals surface area contributed by atoms with Crippen LogP contribution >= 0.6 is 15.9 Å². The van der Waals surface area contributed by atoms with Gasteiger partial charge in [0, 0.05) is 28.2 Å². The second-order valence-electron chi connectivity index (χ2n) is 4.48. The van der Waals surface area contributed by atoms with Gasteiger partial charge in [0.1, 0.15) is 11.5 Å². The summed E-state index contributed by atoms with van der Waals surface area (Å²) in [5.41, 5.74) is 0.687. The van der Waals surface area contributed by atoms with Gasteiger partial charge in [0.2, 0.25) is 0 Å². The maximum atomic E-state index is 12.3. The lowest BCUT2D eigenvalue weighted by Crippen LogP contribution is -2.12. The number of non-ortho nitro benzene ring substituents is 1. The van der Waals surface area contributed by atoms with E-state index in [2.05, 4.69) is 21.2 Å². The fourth-order valence-corrected chi connectivity index (χ4v) is 2.32. The molecule has 0 unspecified atom stereocenters. The van der Waals surface area contributed by atoms with Crippen LogP contribution in [0.4, 0.5) is 11.4 Å². The molecular formula is C15H13BrN2O5. The lowest BCUT2D eigenvalue weighted by molar-refractivity contribution is -0.384. The number of nitro benzene ring substituents is 1. The van der Waals surface area contributed by atoms with Crippen LogP contribution < -0.4 is 14.8 Å². The Morgan fingerprint density at radius 3 is 2.22 bits per heavy atom. The molecule has 23 heavy (non-hydrogen) atoms. The molecule has 2 rings (SSSR count). The van der Waals surface area contributed by atoms with E-state index >= 15 is 0 Å². The zero-order valence-corrected chi connectivity index (χ0v) is 13.9. The third-order valence-electron chi connectivity index (χ3n) is 3.03. The largest absolute Gasteiger partial charge is 0.497 e. The van der Waals surface area contributed by atoms with Gasteiger partial charge in [-0.25, -0.2) is 0 Å². The third kappa shape index (κ3) is 3.98. The van der Waals surface area contributed by atoms with Crippen molar-refractivity contribution in [1.82, 2.24) is 0 Å². The van der Waals surface area contributed by atoms with Crippen molar-refractivity contribution in [1.29, 1.82) is 0 Å². The minimum Gasteiger partial charge on any atom is -0.497 e. The molecule has 0 aliphatic carbocycles. The summed E-state index contributed by atoms with van der Waals surface area (Å²) in [4.78, 5) is 22.6. The Hall–Kier alpha value is -2.61. The van der Waals surface area contributed by atoms with Crippen LogP contribution in [0.25, 0.3) is 0 Å². The molecule has 0 saturated heterocycles. The van der Waals surface area contributed by atoms with Gasteiger partial charge in [-0.15, -0.1) is 0 Å². The van der Waals surface area contributed by atoms with Crippen LogP contribution in [0.15, 0.2) is 40.9 Å². The Morgan fingerprint density at radius 2 is 1.74 bits per heavy atom. The predicted octanol–water partition coefficient (Wildman–Crippen LogP) is 3.63. The van der Waals surface area contributed by atoms with Crippen LogP contribution in [0, 0.1) is 10.1 Å². The lowest BCUT2D eigenvalue weighted by atomic mass is 10.1. The van der Waals surface area contributed by atoms with Gasteiger partial charge in [0.05, 0.1) is 24.8 Å². The van der Waals surface area contributed by atoms with E-state index in [0.717, 1.165) is 0 Å². The summed E-state index contributed by atoms with van der Waals surface area (Å²) >= 11 is 3.20. The van der Waals surface area contributed by atoms with Crippen molar-refractivity contribution >= 4 is 33.2 Å². The molecule has 7 nitrogen and oxygen atoms in total. The number of methoxy groups -OCH3 is 2. The molecule has 1 amide bonds. The summed E-state index contributed by atoms with van der Waals surface area (Å²) in [6.45, 7) is 0. The number of nitrogens with zero attached hydrogens (tertiary/aromatic N) is 1. The summed E-state index contributed by atoms with van der Waals surface area (Å²) in [5.74, 6) is 0.575. The molecule has 0 radical (unpaired) electrons. The molecule has 0 spiro atoms. The molecule has 0 aliphatic heterocycles. The van der Waals surface area contributed by atoms with Gasteiger partial charge in [-0.05, 0) is 34.1 Å². The number of carbonyl (C=O) groups excluding carboxylic acids is 1. The van der Waals surface area contributed by atoms with E-state index in [1.165, 1.54) is 32.4 Å². The molecule has 0 bridgehead atoms. The lowest BCUT2D eigenvalue weighted by Gasteiger charge is -2.10. The van der Waals surface area contributed by atoms with Gasteiger partial charge in [0.25, 0.3) is 11.6 Å². The Balaban J connectivity index is 2.27. The van der Waals surface area contributed by atoms with E-state index in [4.69, 9.17) is 9.47 Å². The number of hydrogen-bond donors (Lipinski definition) is 1. The van der Waals surface area contributed by atoms with Crippen molar-refractivity contribution in [3.63, 3.8) is 0 Å². The van der Waals surface area contributed by atoms with Gasteiger partial charge in [-0.3, -0.25) is 14.9 Å². The van der Waals surface area contributed by atoms with Crippen LogP contribution in [0.3, 0.4) is 0 Å². The SMILES string of the molecule is COc1cc(OC)cc(C(=O)Nc2ccc([N+](=O)[O-])cc2Br)c1. The molecule has 0 aromatic heterocycles. The minimum absolute atomic E-state index is 0.0714. The van der Waals surface area contributed by atoms with Crippen LogP contribution in [-0.2, 0) is 0 Å². The van der Waals surface area contributed by atoms with Crippen LogP contribution in [0.1, 0.15) is 10.4 Å². The number of rotatable bonds is 5. The number of ether oxygens (including phenoxy) is 2. The molecule has 0 saturated carbocycles. The first-order chi connectivity index (χ1) is 10.9. The summed E-state index contributed by atoms with van der Waals surface area (Å²) in [5, 5.41) is 13.4. The number of carbonyl (C=O) groups is 1. The quantitative estimate of drug-likeness (QED) is 0.631. The Labute approximate surface area is 140 Å². The Morgan fingerprint density at radius 1 is 1.13 bits per heavy atom. The highest BCUT2D eigenvalue weighted by Gasteiger charge is 2.14. The molecule has 8 heteroatoms. The summed E-state index contributed by atoms with van der Waals surface area (Å²) < 4.78 is 10.7. The number of halogens is 1. The molecule has 2 aromatic rings. The van der Waals surface area contributed by atoms with Gasteiger partial charge in [0.15, 0.2) is 0 Å². The van der Waals surface area contributed by atoms with Crippen molar-refractivity contribution in [2.24, 2.45) is 0 Å². The second-order valence-corrected chi connectivity index (χ2v) is 5.33. The first-order valence-electron chi connectivity index (χ1n) is 6.43. The highest BCUT2D eigenvalue weighted by Crippen LogP contribution is 2.28. The fraction of sp³-hybridized carbons (Fsp3) is 0.133. The fourth-order valence-electron chi connectivity index (χ4n) is 1.85. The molecule has 120 valence electrons. The van der Waals surface area contributed by atoms with Crippen LogP contribution in [0.2, 0.25) is 0 Å². The Bertz CT molecular complexity index is 741. The number of amides is 1. The van der Waals surface area contributed by atoms with E-state index < -0.39 is 10.8 Å².